The summed E-state index contributed by atoms with van der Waals surface area (Å²) >= 11 is 0. The summed E-state index contributed by atoms with van der Waals surface area (Å²) in [5, 5.41) is 12.7. The summed E-state index contributed by atoms with van der Waals surface area (Å²) in [5.74, 6) is -4.23. The molecule has 0 bridgehead atoms. The van der Waals surface area contributed by atoms with Gasteiger partial charge in [0, 0.05) is 16.5 Å². The fraction of sp³-hybridized carbons (Fsp3) is 0.400. The number of hydrogen-bond donors (Lipinski definition) is 4. The quantitative estimate of drug-likeness (QED) is 0.143. The number of hydrogen-bond acceptors (Lipinski definition) is 10. The molecule has 2 aromatic heterocycles. The van der Waals surface area contributed by atoms with E-state index < -0.39 is 53.5 Å². The molecule has 0 fully saturated rings. The number of amides is 1. The molecule has 1 amide bonds. The van der Waals surface area contributed by atoms with E-state index in [9.17, 15) is 29.1 Å². The molecule has 0 aliphatic carbocycles. The van der Waals surface area contributed by atoms with E-state index in [1.54, 1.807) is 13.0 Å². The number of aliphatic carboxylic acids is 1. The molecule has 3 atom stereocenters. The SMILES string of the molecule is CC[C@@]1(OC(=O)[C@H](CC(=O)O)NC(=O)[C@@H](N)CCCCN)C(=O)OCc2c1cc1n(c2=O)Cc2cc3ccccc3nc2-1. The minimum Gasteiger partial charge on any atom is -0.481 e. The molecule has 43 heavy (non-hydrogen) atoms. The van der Waals surface area contributed by atoms with Crippen LogP contribution in [0.1, 0.15) is 55.7 Å². The number of carbonyl (C=O) groups excluding carboxylic acids is 3. The van der Waals surface area contributed by atoms with Crippen molar-refractivity contribution < 1.29 is 33.8 Å². The number of carbonyl (C=O) groups is 4. The lowest BCUT2D eigenvalue weighted by molar-refractivity contribution is -0.191. The van der Waals surface area contributed by atoms with E-state index >= 15 is 0 Å². The number of aromatic nitrogens is 2. The molecule has 0 saturated heterocycles. The maximum absolute atomic E-state index is 13.7. The summed E-state index contributed by atoms with van der Waals surface area (Å²) in [6.07, 6.45) is 0.531. The molecular weight excluding hydrogens is 558 g/mol. The van der Waals surface area contributed by atoms with Gasteiger partial charge in [-0.2, -0.15) is 0 Å². The zero-order valence-corrected chi connectivity index (χ0v) is 23.6. The number of benzene rings is 1. The topological polar surface area (TPSA) is 206 Å². The highest BCUT2D eigenvalue weighted by Crippen LogP contribution is 2.41. The van der Waals surface area contributed by atoms with Crippen LogP contribution in [0, 0.1) is 0 Å². The summed E-state index contributed by atoms with van der Waals surface area (Å²) in [4.78, 5) is 69.6. The van der Waals surface area contributed by atoms with Crippen LogP contribution in [0.2, 0.25) is 0 Å². The third kappa shape index (κ3) is 5.48. The largest absolute Gasteiger partial charge is 0.481 e. The lowest BCUT2D eigenvalue weighted by Gasteiger charge is -2.36. The Labute approximate surface area is 246 Å². The Morgan fingerprint density at radius 3 is 2.70 bits per heavy atom. The number of para-hydroxylation sites is 1. The second kappa shape index (κ2) is 11.9. The number of esters is 2. The number of carboxylic acids is 1. The van der Waals surface area contributed by atoms with Gasteiger partial charge in [-0.3, -0.25) is 14.4 Å². The second-order valence-electron chi connectivity index (χ2n) is 10.7. The van der Waals surface area contributed by atoms with E-state index in [-0.39, 0.29) is 37.1 Å². The van der Waals surface area contributed by atoms with Gasteiger partial charge in [-0.15, -0.1) is 0 Å². The highest BCUT2D eigenvalue weighted by molar-refractivity contribution is 5.93. The zero-order valence-electron chi connectivity index (χ0n) is 23.6. The molecule has 0 radical (unpaired) electrons. The minimum atomic E-state index is -2.07. The number of nitrogens with one attached hydrogen (secondary N) is 1. The molecule has 13 nitrogen and oxygen atoms in total. The Bertz CT molecular complexity index is 1680. The van der Waals surface area contributed by atoms with Crippen molar-refractivity contribution in [2.24, 2.45) is 11.5 Å². The molecule has 4 heterocycles. The van der Waals surface area contributed by atoms with Crippen LogP contribution < -0.4 is 22.3 Å². The number of fused-ring (bicyclic) bond motifs is 5. The van der Waals surface area contributed by atoms with E-state index in [1.807, 2.05) is 30.3 Å². The third-order valence-electron chi connectivity index (χ3n) is 7.95. The first-order valence-electron chi connectivity index (χ1n) is 14.1. The molecule has 0 unspecified atom stereocenters. The molecule has 13 heteroatoms. The van der Waals surface area contributed by atoms with Gasteiger partial charge in [0.25, 0.3) is 5.56 Å². The normalized spacial score (nSPS) is 18.2. The first kappa shape index (κ1) is 29.9. The van der Waals surface area contributed by atoms with Crippen molar-refractivity contribution in [1.29, 1.82) is 0 Å². The molecule has 6 N–H and O–H groups in total. The number of nitrogens with two attached hydrogens (primary N) is 2. The van der Waals surface area contributed by atoms with Crippen molar-refractivity contribution in [3.63, 3.8) is 0 Å². The molecule has 226 valence electrons. The van der Waals surface area contributed by atoms with Crippen molar-refractivity contribution in [1.82, 2.24) is 14.9 Å². The lowest BCUT2D eigenvalue weighted by Crippen LogP contribution is -2.53. The highest BCUT2D eigenvalue weighted by atomic mass is 16.6. The predicted octanol–water partition coefficient (Wildman–Crippen LogP) is 1.05. The van der Waals surface area contributed by atoms with Crippen molar-refractivity contribution in [3.05, 3.63) is 63.4 Å². The van der Waals surface area contributed by atoms with Gasteiger partial charge in [-0.05, 0) is 44.0 Å². The van der Waals surface area contributed by atoms with E-state index in [4.69, 9.17) is 25.9 Å². The first-order valence-corrected chi connectivity index (χ1v) is 14.1. The summed E-state index contributed by atoms with van der Waals surface area (Å²) in [5.41, 5.74) is 11.8. The summed E-state index contributed by atoms with van der Waals surface area (Å²) in [6, 6.07) is 8.42. The first-order chi connectivity index (χ1) is 20.6. The van der Waals surface area contributed by atoms with Gasteiger partial charge in [0.15, 0.2) is 0 Å². The maximum Gasteiger partial charge on any atom is 0.355 e. The fourth-order valence-electron chi connectivity index (χ4n) is 5.61. The maximum atomic E-state index is 13.7. The number of nitrogens with zero attached hydrogens (tertiary/aromatic N) is 2. The summed E-state index contributed by atoms with van der Waals surface area (Å²) in [7, 11) is 0. The molecule has 2 aliphatic rings. The van der Waals surface area contributed by atoms with Crippen molar-refractivity contribution in [2.75, 3.05) is 6.54 Å². The number of unbranched alkanes of at least 4 members (excludes halogenated alkanes) is 1. The third-order valence-corrected chi connectivity index (χ3v) is 7.95. The average Bonchev–Trinajstić information content (AvgIpc) is 3.34. The average molecular weight is 592 g/mol. The van der Waals surface area contributed by atoms with E-state index in [2.05, 4.69) is 5.32 Å². The van der Waals surface area contributed by atoms with Gasteiger partial charge in [-0.1, -0.05) is 31.5 Å². The molecular formula is C30H33N5O8. The van der Waals surface area contributed by atoms with Gasteiger partial charge in [0.1, 0.15) is 12.6 Å². The van der Waals surface area contributed by atoms with Crippen LogP contribution in [0.5, 0.6) is 0 Å². The predicted molar refractivity (Wildman–Crippen MR) is 153 cm³/mol. The van der Waals surface area contributed by atoms with E-state index in [0.29, 0.717) is 30.8 Å². The minimum absolute atomic E-state index is 0.127. The van der Waals surface area contributed by atoms with Gasteiger partial charge >= 0.3 is 17.9 Å². The molecule has 1 aromatic carbocycles. The van der Waals surface area contributed by atoms with Gasteiger partial charge in [0.2, 0.25) is 11.5 Å². The standard InChI is InChI=1S/C30H33N5O8/c1-2-30(43-28(40)22(13-24(36)37)34-26(38)20(32)8-5-6-10-31)19-12-23-25-17(11-16-7-3-4-9-21(16)33-25)14-35(23)27(39)18(19)15-42-29(30)41/h3-4,7,9,11-12,20,22H,2,5-6,8,10,13-15,31-32H2,1H3,(H,34,38)(H,36,37)/t20-,22-,30-/m0/s1. The van der Waals surface area contributed by atoms with Gasteiger partial charge in [-0.25, -0.2) is 14.6 Å². The number of rotatable bonds is 11. The Morgan fingerprint density at radius 1 is 1.21 bits per heavy atom. The van der Waals surface area contributed by atoms with Crippen LogP contribution in [0.15, 0.2) is 41.2 Å². The van der Waals surface area contributed by atoms with Crippen molar-refractivity contribution in [3.8, 4) is 11.4 Å². The number of ether oxygens (including phenoxy) is 2. The zero-order chi connectivity index (χ0) is 30.9. The Balaban J connectivity index is 1.51. The molecule has 5 rings (SSSR count). The molecule has 3 aromatic rings. The Morgan fingerprint density at radius 2 is 1.98 bits per heavy atom. The fourth-order valence-corrected chi connectivity index (χ4v) is 5.61. The van der Waals surface area contributed by atoms with Crippen LogP contribution in [-0.2, 0) is 47.4 Å². The molecule has 0 spiro atoms. The number of pyridine rings is 2. The van der Waals surface area contributed by atoms with Crippen LogP contribution >= 0.6 is 0 Å². The van der Waals surface area contributed by atoms with Crippen molar-refractivity contribution >= 4 is 34.7 Å². The van der Waals surface area contributed by atoms with Gasteiger partial charge in [0.05, 0.1) is 41.5 Å². The van der Waals surface area contributed by atoms with E-state index in [0.717, 1.165) is 16.5 Å². The Kier molecular flexibility index (Phi) is 8.29. The van der Waals surface area contributed by atoms with Crippen LogP contribution in [-0.4, -0.2) is 57.1 Å². The smallest absolute Gasteiger partial charge is 0.355 e. The van der Waals surface area contributed by atoms with Crippen LogP contribution in [0.4, 0.5) is 0 Å². The molecule has 0 saturated carbocycles. The monoisotopic (exact) mass is 591 g/mol. The second-order valence-corrected chi connectivity index (χ2v) is 10.7. The highest BCUT2D eigenvalue weighted by Gasteiger charge is 2.51. The lowest BCUT2D eigenvalue weighted by atomic mass is 9.85. The van der Waals surface area contributed by atoms with Crippen molar-refractivity contribution in [2.45, 2.75) is 69.9 Å². The Hall–Kier alpha value is -4.62. The van der Waals surface area contributed by atoms with Gasteiger partial charge < -0.3 is 35.9 Å². The summed E-state index contributed by atoms with van der Waals surface area (Å²) in [6.45, 7) is 1.93. The van der Waals surface area contributed by atoms with Crippen LogP contribution in [0.3, 0.4) is 0 Å². The van der Waals surface area contributed by atoms with Crippen LogP contribution in [0.25, 0.3) is 22.3 Å². The summed E-state index contributed by atoms with van der Waals surface area (Å²) < 4.78 is 12.7. The number of carboxylic acid groups (broad SMARTS) is 1. The number of cyclic esters (lactones) is 1. The van der Waals surface area contributed by atoms with E-state index in [1.165, 1.54) is 4.57 Å². The molecule has 2 aliphatic heterocycles.